The Morgan fingerprint density at radius 1 is 1.00 bits per heavy atom. The Balaban J connectivity index is 1.77. The molecule has 4 rings (SSSR count). The van der Waals surface area contributed by atoms with E-state index in [0.717, 1.165) is 22.7 Å². The Morgan fingerprint density at radius 3 is 2.37 bits per heavy atom. The summed E-state index contributed by atoms with van der Waals surface area (Å²) in [4.78, 5) is 20.2. The molecule has 3 aromatic carbocycles. The third kappa shape index (κ3) is 4.02. The van der Waals surface area contributed by atoms with Gasteiger partial charge in [0, 0.05) is 25.5 Å². The minimum Gasteiger partial charge on any atom is -0.378 e. The quantitative estimate of drug-likeness (QED) is 0.314. The van der Waals surface area contributed by atoms with E-state index >= 15 is 0 Å². The smallest absolute Gasteiger partial charge is 0.266 e. The lowest BCUT2D eigenvalue weighted by Gasteiger charge is -2.16. The minimum atomic E-state index is -0.0530. The van der Waals surface area contributed by atoms with Crippen LogP contribution < -0.4 is 10.5 Å². The topological polar surface area (TPSA) is 38.1 Å². The maximum atomic E-state index is 13.4. The van der Waals surface area contributed by atoms with Gasteiger partial charge in [0.05, 0.1) is 16.6 Å². The van der Waals surface area contributed by atoms with Crippen LogP contribution in [0.4, 0.5) is 5.69 Å². The number of para-hydroxylation sites is 1. The lowest BCUT2D eigenvalue weighted by Crippen LogP contribution is -2.22. The Bertz CT molecular complexity index is 1240. The maximum Gasteiger partial charge on any atom is 0.266 e. The van der Waals surface area contributed by atoms with Gasteiger partial charge < -0.3 is 4.90 Å². The summed E-state index contributed by atoms with van der Waals surface area (Å²) in [6.45, 7) is 3.80. The van der Waals surface area contributed by atoms with Gasteiger partial charge in [0.1, 0.15) is 0 Å². The fourth-order valence-electron chi connectivity index (χ4n) is 3.23. The first-order valence-electron chi connectivity index (χ1n) is 9.70. The van der Waals surface area contributed by atoms with Crippen molar-refractivity contribution in [2.75, 3.05) is 19.0 Å². The van der Waals surface area contributed by atoms with Gasteiger partial charge >= 0.3 is 0 Å². The third-order valence-electron chi connectivity index (χ3n) is 4.95. The molecule has 0 saturated heterocycles. The average Bonchev–Trinajstić information content (AvgIpc) is 2.78. The van der Waals surface area contributed by atoms with Crippen LogP contribution in [0.1, 0.15) is 11.1 Å². The highest BCUT2D eigenvalue weighted by molar-refractivity contribution is 7.98. The standard InChI is InChI=1S/C25H23N3OS/c1-4-18-9-11-19(12-10-18)17-30-25-26-23-8-6-5-7-22(23)24(29)28(25)21-15-13-20(14-16-21)27(2)3/h4-16H,1,17H2,2-3H3. The Hall–Kier alpha value is -3.31. The zero-order valence-corrected chi connectivity index (χ0v) is 17.9. The van der Waals surface area contributed by atoms with E-state index in [4.69, 9.17) is 4.98 Å². The van der Waals surface area contributed by atoms with E-state index in [9.17, 15) is 4.79 Å². The number of benzene rings is 3. The normalized spacial score (nSPS) is 10.9. The highest BCUT2D eigenvalue weighted by Gasteiger charge is 2.13. The zero-order chi connectivity index (χ0) is 21.1. The van der Waals surface area contributed by atoms with Gasteiger partial charge in [-0.2, -0.15) is 0 Å². The molecule has 1 aromatic heterocycles. The molecule has 0 bridgehead atoms. The highest BCUT2D eigenvalue weighted by atomic mass is 32.2. The predicted molar refractivity (Wildman–Crippen MR) is 128 cm³/mol. The number of hydrogen-bond acceptors (Lipinski definition) is 4. The van der Waals surface area contributed by atoms with Crippen LogP contribution in [-0.2, 0) is 5.75 Å². The molecule has 0 unspecified atom stereocenters. The SMILES string of the molecule is C=Cc1ccc(CSc2nc3ccccc3c(=O)n2-c2ccc(N(C)C)cc2)cc1. The monoisotopic (exact) mass is 413 g/mol. The number of fused-ring (bicyclic) bond motifs is 1. The molecule has 0 fully saturated rings. The van der Waals surface area contributed by atoms with Crippen LogP contribution in [0.25, 0.3) is 22.7 Å². The van der Waals surface area contributed by atoms with Crippen LogP contribution in [0.2, 0.25) is 0 Å². The van der Waals surface area contributed by atoms with Crippen LogP contribution in [-0.4, -0.2) is 23.6 Å². The molecule has 0 atom stereocenters. The fourth-order valence-corrected chi connectivity index (χ4v) is 4.20. The summed E-state index contributed by atoms with van der Waals surface area (Å²) >= 11 is 1.56. The second-order valence-electron chi connectivity index (χ2n) is 7.20. The van der Waals surface area contributed by atoms with Crippen molar-refractivity contribution in [3.05, 3.63) is 101 Å². The molecule has 0 aliphatic carbocycles. The van der Waals surface area contributed by atoms with Crippen molar-refractivity contribution in [2.45, 2.75) is 10.9 Å². The molecule has 0 saturated carbocycles. The number of hydrogen-bond donors (Lipinski definition) is 0. The molecule has 0 aliphatic heterocycles. The summed E-state index contributed by atoms with van der Waals surface area (Å²) in [5.41, 5.74) is 4.81. The second-order valence-corrected chi connectivity index (χ2v) is 8.14. The number of aromatic nitrogens is 2. The maximum absolute atomic E-state index is 13.4. The summed E-state index contributed by atoms with van der Waals surface area (Å²) in [6.07, 6.45) is 1.83. The molecule has 4 aromatic rings. The molecular weight excluding hydrogens is 390 g/mol. The van der Waals surface area contributed by atoms with E-state index in [1.807, 2.05) is 85.7 Å². The van der Waals surface area contributed by atoms with Gasteiger partial charge in [-0.25, -0.2) is 4.98 Å². The van der Waals surface area contributed by atoms with E-state index in [-0.39, 0.29) is 5.56 Å². The van der Waals surface area contributed by atoms with E-state index in [0.29, 0.717) is 16.1 Å². The minimum absolute atomic E-state index is 0.0530. The summed E-state index contributed by atoms with van der Waals surface area (Å²) in [5.74, 6) is 0.720. The summed E-state index contributed by atoms with van der Waals surface area (Å²) in [7, 11) is 4.00. The molecular formula is C25H23N3OS. The second kappa shape index (κ2) is 8.59. The highest BCUT2D eigenvalue weighted by Crippen LogP contribution is 2.25. The van der Waals surface area contributed by atoms with Crippen molar-refractivity contribution in [2.24, 2.45) is 0 Å². The van der Waals surface area contributed by atoms with E-state index < -0.39 is 0 Å². The van der Waals surface area contributed by atoms with Gasteiger partial charge in [-0.3, -0.25) is 9.36 Å². The number of nitrogens with zero attached hydrogens (tertiary/aromatic N) is 3. The molecule has 150 valence electrons. The molecule has 0 N–H and O–H groups in total. The van der Waals surface area contributed by atoms with Gasteiger partial charge in [0.25, 0.3) is 5.56 Å². The zero-order valence-electron chi connectivity index (χ0n) is 17.1. The van der Waals surface area contributed by atoms with Crippen LogP contribution in [0.15, 0.2) is 89.3 Å². The van der Waals surface area contributed by atoms with Crippen molar-refractivity contribution in [1.29, 1.82) is 0 Å². The van der Waals surface area contributed by atoms with Gasteiger partial charge in [-0.1, -0.05) is 60.8 Å². The molecule has 5 heteroatoms. The Labute approximate surface area is 180 Å². The van der Waals surface area contributed by atoms with Crippen molar-refractivity contribution in [1.82, 2.24) is 9.55 Å². The summed E-state index contributed by atoms with van der Waals surface area (Å²) in [5, 5.41) is 1.30. The number of rotatable bonds is 6. The van der Waals surface area contributed by atoms with Gasteiger partial charge in [-0.05, 0) is 47.5 Å². The van der Waals surface area contributed by atoms with Gasteiger partial charge in [0.15, 0.2) is 5.16 Å². The van der Waals surface area contributed by atoms with Crippen LogP contribution >= 0.6 is 11.8 Å². The van der Waals surface area contributed by atoms with Gasteiger partial charge in [0.2, 0.25) is 0 Å². The first-order valence-corrected chi connectivity index (χ1v) is 10.7. The molecule has 1 heterocycles. The lowest BCUT2D eigenvalue weighted by molar-refractivity contribution is 0.819. The molecule has 0 radical (unpaired) electrons. The van der Waals surface area contributed by atoms with Crippen LogP contribution in [0.3, 0.4) is 0 Å². The molecule has 4 nitrogen and oxygen atoms in total. The predicted octanol–water partition coefficient (Wildman–Crippen LogP) is 5.39. The van der Waals surface area contributed by atoms with Gasteiger partial charge in [-0.15, -0.1) is 0 Å². The van der Waals surface area contributed by atoms with E-state index in [2.05, 4.69) is 18.7 Å². The summed E-state index contributed by atoms with van der Waals surface area (Å²) in [6, 6.07) is 23.7. The first-order chi connectivity index (χ1) is 14.6. The van der Waals surface area contributed by atoms with E-state index in [1.54, 1.807) is 16.3 Å². The van der Waals surface area contributed by atoms with Crippen molar-refractivity contribution in [3.63, 3.8) is 0 Å². The van der Waals surface area contributed by atoms with Crippen LogP contribution in [0.5, 0.6) is 0 Å². The van der Waals surface area contributed by atoms with Crippen molar-refractivity contribution < 1.29 is 0 Å². The lowest BCUT2D eigenvalue weighted by atomic mass is 10.1. The Morgan fingerprint density at radius 2 is 1.70 bits per heavy atom. The molecule has 0 amide bonds. The molecule has 0 spiro atoms. The third-order valence-corrected chi connectivity index (χ3v) is 5.96. The molecule has 0 aliphatic rings. The average molecular weight is 414 g/mol. The summed E-state index contributed by atoms with van der Waals surface area (Å²) < 4.78 is 1.71. The van der Waals surface area contributed by atoms with E-state index in [1.165, 1.54) is 5.56 Å². The number of thioether (sulfide) groups is 1. The largest absolute Gasteiger partial charge is 0.378 e. The molecule has 30 heavy (non-hydrogen) atoms. The van der Waals surface area contributed by atoms with Crippen molar-refractivity contribution >= 4 is 34.4 Å². The van der Waals surface area contributed by atoms with Crippen molar-refractivity contribution in [3.8, 4) is 5.69 Å². The fraction of sp³-hybridized carbons (Fsp3) is 0.120. The number of anilines is 1. The van der Waals surface area contributed by atoms with Crippen LogP contribution in [0, 0.1) is 0 Å². The first kappa shape index (κ1) is 20.0. The Kier molecular flexibility index (Phi) is 5.72.